The lowest BCUT2D eigenvalue weighted by molar-refractivity contribution is -0.115. The van der Waals surface area contributed by atoms with Gasteiger partial charge in [0.1, 0.15) is 5.82 Å². The molecule has 0 radical (unpaired) electrons. The molecule has 1 fully saturated rings. The van der Waals surface area contributed by atoms with E-state index in [9.17, 15) is 18.0 Å². The lowest BCUT2D eigenvalue weighted by atomic mass is 10.1. The van der Waals surface area contributed by atoms with E-state index in [-0.39, 0.29) is 15.5 Å². The monoisotopic (exact) mass is 582 g/mol. The zero-order valence-electron chi connectivity index (χ0n) is 19.5. The number of carbonyl (C=O) groups excluding carboxylic acids is 2. The molecular formula is C26H16Cl2N4O4S2. The molecular weight excluding hydrogens is 567 g/mol. The highest BCUT2D eigenvalue weighted by Gasteiger charge is 2.28. The third-order valence-electron chi connectivity index (χ3n) is 6.06. The van der Waals surface area contributed by atoms with Crippen LogP contribution in [0.25, 0.3) is 39.4 Å². The molecule has 3 heterocycles. The van der Waals surface area contributed by atoms with Crippen LogP contribution in [0.4, 0.5) is 4.79 Å². The van der Waals surface area contributed by atoms with E-state index in [4.69, 9.17) is 23.2 Å². The van der Waals surface area contributed by atoms with Gasteiger partial charge in [0, 0.05) is 10.9 Å². The number of hydrogen-bond donors (Lipinski definition) is 2. The standard InChI is InChI=1S/C26H16Cl2N4O4S2/c1-13-2-5-17(6-3-13)38(35,36)32-16(10-23-25(33)31-26(34)37-23)9-15-8-14(4-7-22(15)32)24-29-20-11-18(27)19(28)12-21(20)30-24/h2-12H,1H3,(H,29,30)(H,31,33,34). The van der Waals surface area contributed by atoms with Gasteiger partial charge in [0.05, 0.1) is 42.1 Å². The summed E-state index contributed by atoms with van der Waals surface area (Å²) in [4.78, 5) is 32.0. The fourth-order valence-electron chi connectivity index (χ4n) is 4.24. The molecule has 0 unspecified atom stereocenters. The molecule has 5 aromatic rings. The Morgan fingerprint density at radius 1 is 0.974 bits per heavy atom. The number of benzene rings is 3. The number of carbonyl (C=O) groups is 2. The minimum absolute atomic E-state index is 0.0926. The molecule has 1 aliphatic heterocycles. The first-order valence-corrected chi connectivity index (χ1v) is 14.2. The van der Waals surface area contributed by atoms with Crippen LogP contribution >= 0.6 is 35.0 Å². The molecule has 38 heavy (non-hydrogen) atoms. The largest absolute Gasteiger partial charge is 0.338 e. The average molecular weight is 583 g/mol. The number of thioether (sulfide) groups is 1. The summed E-state index contributed by atoms with van der Waals surface area (Å²) in [6.45, 7) is 1.87. The van der Waals surface area contributed by atoms with Crippen LogP contribution in [0.15, 0.2) is 70.5 Å². The molecule has 3 aromatic carbocycles. The Kier molecular flexibility index (Phi) is 5.88. The number of halogens is 2. The highest BCUT2D eigenvalue weighted by atomic mass is 35.5. The predicted octanol–water partition coefficient (Wildman–Crippen LogP) is 6.36. The molecule has 2 N–H and O–H groups in total. The maximum absolute atomic E-state index is 13.8. The van der Waals surface area contributed by atoms with E-state index >= 15 is 0 Å². The number of imide groups is 1. The third-order valence-corrected chi connectivity index (χ3v) is 9.35. The number of aromatic nitrogens is 3. The van der Waals surface area contributed by atoms with Gasteiger partial charge in [-0.1, -0.05) is 40.9 Å². The second kappa shape index (κ2) is 9.02. The maximum Gasteiger partial charge on any atom is 0.290 e. The van der Waals surface area contributed by atoms with Crippen molar-refractivity contribution in [1.82, 2.24) is 19.3 Å². The van der Waals surface area contributed by atoms with Crippen molar-refractivity contribution in [2.24, 2.45) is 0 Å². The molecule has 12 heteroatoms. The van der Waals surface area contributed by atoms with Gasteiger partial charge in [-0.3, -0.25) is 14.9 Å². The van der Waals surface area contributed by atoms with Gasteiger partial charge >= 0.3 is 0 Å². The zero-order valence-corrected chi connectivity index (χ0v) is 22.6. The Hall–Kier alpha value is -3.57. The van der Waals surface area contributed by atoms with E-state index in [2.05, 4.69) is 15.3 Å². The van der Waals surface area contributed by atoms with E-state index in [1.807, 2.05) is 6.92 Å². The Morgan fingerprint density at radius 3 is 2.42 bits per heavy atom. The van der Waals surface area contributed by atoms with E-state index < -0.39 is 21.2 Å². The summed E-state index contributed by atoms with van der Waals surface area (Å²) in [5.41, 5.74) is 3.58. The van der Waals surface area contributed by atoms with Gasteiger partial charge in [-0.15, -0.1) is 0 Å². The topological polar surface area (TPSA) is 114 Å². The summed E-state index contributed by atoms with van der Waals surface area (Å²) in [7, 11) is -4.06. The van der Waals surface area contributed by atoms with Crippen LogP contribution in [0.3, 0.4) is 0 Å². The number of nitrogens with one attached hydrogen (secondary N) is 2. The second-order valence-electron chi connectivity index (χ2n) is 8.65. The molecule has 0 atom stereocenters. The number of imidazole rings is 1. The Bertz CT molecular complexity index is 1920. The molecule has 0 spiro atoms. The Morgan fingerprint density at radius 2 is 1.71 bits per heavy atom. The van der Waals surface area contributed by atoms with Crippen molar-refractivity contribution in [1.29, 1.82) is 0 Å². The molecule has 0 aliphatic carbocycles. The van der Waals surface area contributed by atoms with Crippen LogP contribution in [0.2, 0.25) is 10.0 Å². The number of H-pyrrole nitrogens is 1. The van der Waals surface area contributed by atoms with E-state index in [1.54, 1.807) is 48.5 Å². The first kappa shape index (κ1) is 24.7. The van der Waals surface area contributed by atoms with Gasteiger partial charge in [-0.05, 0) is 73.3 Å². The Balaban J connectivity index is 1.55. The molecule has 8 nitrogen and oxygen atoms in total. The smallest absolute Gasteiger partial charge is 0.290 e. The van der Waals surface area contributed by atoms with Crippen LogP contribution in [-0.2, 0) is 14.8 Å². The number of nitrogens with zero attached hydrogens (tertiary/aromatic N) is 2. The van der Waals surface area contributed by atoms with E-state index in [0.29, 0.717) is 55.1 Å². The molecule has 6 rings (SSSR count). The number of hydrogen-bond acceptors (Lipinski definition) is 6. The highest BCUT2D eigenvalue weighted by Crippen LogP contribution is 2.34. The lowest BCUT2D eigenvalue weighted by Crippen LogP contribution is -2.18. The number of rotatable bonds is 4. The zero-order chi connectivity index (χ0) is 26.8. The van der Waals surface area contributed by atoms with Crippen molar-refractivity contribution >= 4 is 84.1 Å². The van der Waals surface area contributed by atoms with Gasteiger partial charge in [-0.25, -0.2) is 17.4 Å². The molecule has 1 saturated heterocycles. The first-order valence-electron chi connectivity index (χ1n) is 11.2. The number of fused-ring (bicyclic) bond motifs is 2. The molecule has 0 bridgehead atoms. The summed E-state index contributed by atoms with van der Waals surface area (Å²) < 4.78 is 28.8. The molecule has 0 saturated carbocycles. The van der Waals surface area contributed by atoms with Gasteiger partial charge in [-0.2, -0.15) is 0 Å². The third kappa shape index (κ3) is 4.19. The molecule has 2 aromatic heterocycles. The van der Waals surface area contributed by atoms with Crippen LogP contribution in [0, 0.1) is 6.92 Å². The average Bonchev–Trinajstić information content (AvgIpc) is 3.53. The second-order valence-corrected chi connectivity index (χ2v) is 12.3. The van der Waals surface area contributed by atoms with Gasteiger partial charge in [0.15, 0.2) is 0 Å². The van der Waals surface area contributed by atoms with Crippen molar-refractivity contribution in [3.8, 4) is 11.4 Å². The summed E-state index contributed by atoms with van der Waals surface area (Å²) in [5.74, 6) is -0.0320. The van der Waals surface area contributed by atoms with Crippen LogP contribution in [-0.4, -0.2) is 33.5 Å². The number of aryl methyl sites for hydroxylation is 1. The van der Waals surface area contributed by atoms with Crippen molar-refractivity contribution < 1.29 is 18.0 Å². The minimum Gasteiger partial charge on any atom is -0.338 e. The van der Waals surface area contributed by atoms with Crippen molar-refractivity contribution in [3.05, 3.63) is 86.9 Å². The van der Waals surface area contributed by atoms with Crippen LogP contribution in [0.1, 0.15) is 11.3 Å². The normalized spacial score (nSPS) is 15.2. The first-order chi connectivity index (χ1) is 18.1. The fourth-order valence-corrected chi connectivity index (χ4v) is 6.73. The molecule has 1 aliphatic rings. The van der Waals surface area contributed by atoms with Gasteiger partial charge < -0.3 is 4.98 Å². The predicted molar refractivity (Wildman–Crippen MR) is 150 cm³/mol. The SMILES string of the molecule is Cc1ccc(S(=O)(=O)n2c(C=C3SC(=O)NC3=O)cc3cc(-c4nc5cc(Cl)c(Cl)cc5[nH]4)ccc32)cc1. The van der Waals surface area contributed by atoms with Crippen molar-refractivity contribution in [2.75, 3.05) is 0 Å². The van der Waals surface area contributed by atoms with Gasteiger partial charge in [0.2, 0.25) is 0 Å². The number of amides is 2. The van der Waals surface area contributed by atoms with E-state index in [0.717, 1.165) is 5.56 Å². The van der Waals surface area contributed by atoms with Crippen LogP contribution in [0.5, 0.6) is 0 Å². The van der Waals surface area contributed by atoms with Crippen molar-refractivity contribution in [3.63, 3.8) is 0 Å². The number of aromatic amines is 1. The highest BCUT2D eigenvalue weighted by molar-refractivity contribution is 8.18. The van der Waals surface area contributed by atoms with Gasteiger partial charge in [0.25, 0.3) is 21.2 Å². The van der Waals surface area contributed by atoms with E-state index in [1.165, 1.54) is 22.2 Å². The summed E-state index contributed by atoms with van der Waals surface area (Å²) >= 11 is 13.0. The Labute approximate surface area is 230 Å². The maximum atomic E-state index is 13.8. The molecule has 2 amide bonds. The summed E-state index contributed by atoms with van der Waals surface area (Å²) in [5, 5.41) is 3.05. The fraction of sp³-hybridized carbons (Fsp3) is 0.0385. The minimum atomic E-state index is -4.06. The lowest BCUT2D eigenvalue weighted by Gasteiger charge is -2.11. The quantitative estimate of drug-likeness (QED) is 0.238. The van der Waals surface area contributed by atoms with Crippen molar-refractivity contribution in [2.45, 2.75) is 11.8 Å². The summed E-state index contributed by atoms with van der Waals surface area (Å²) in [6, 6.07) is 16.7. The van der Waals surface area contributed by atoms with Crippen LogP contribution < -0.4 is 5.32 Å². The summed E-state index contributed by atoms with van der Waals surface area (Å²) in [6.07, 6.45) is 1.40. The molecule has 190 valence electrons.